The van der Waals surface area contributed by atoms with E-state index in [0.717, 1.165) is 0 Å². The molecule has 5 amide bonds. The van der Waals surface area contributed by atoms with E-state index in [4.69, 9.17) is 85.0 Å². The van der Waals surface area contributed by atoms with E-state index in [-0.39, 0.29) is 72.7 Å². The predicted octanol–water partition coefficient (Wildman–Crippen LogP) is 2.64. The molecule has 0 bridgehead atoms. The summed E-state index contributed by atoms with van der Waals surface area (Å²) in [5, 5.41) is 26.2. The number of aliphatic hydroxyl groups is 2. The average Bonchev–Trinajstić information content (AvgIpc) is 1.83. The first-order valence-electron chi connectivity index (χ1n) is 27.0. The van der Waals surface area contributed by atoms with Crippen molar-refractivity contribution in [2.75, 3.05) is 110 Å². The Morgan fingerprint density at radius 2 is 0.736 bits per heavy atom. The van der Waals surface area contributed by atoms with Crippen LogP contribution in [0.4, 0.5) is 0 Å². The van der Waals surface area contributed by atoms with E-state index >= 15 is 0 Å². The highest BCUT2D eigenvalue weighted by Gasteiger charge is 2.46. The Morgan fingerprint density at radius 3 is 1.05 bits per heavy atom. The molecule has 26 nitrogen and oxygen atoms in total. The van der Waals surface area contributed by atoms with Crippen LogP contribution in [0.25, 0.3) is 0 Å². The smallest absolute Gasteiger partial charge is 0.261 e. The van der Waals surface area contributed by atoms with Crippen molar-refractivity contribution in [3.63, 3.8) is 0 Å². The number of rotatable bonds is 16. The van der Waals surface area contributed by atoms with Gasteiger partial charge in [0.1, 0.15) is 68.2 Å². The van der Waals surface area contributed by atoms with Crippen LogP contribution >= 0.6 is 11.6 Å². The summed E-state index contributed by atoms with van der Waals surface area (Å²) in [5.74, 6) is 1.49. The number of nitrogens with one attached hydrogen (secondary N) is 3. The SMILES string of the molecule is COc1cccc(OC)c1C(=O)Cl.COc1cccc(OC)c1C(=O)NC1COCC1N.COc1cccc(OC)c1C(=O)NC1COCC1N1C(=O)c2ccccc2C1=O.COc1cccc(OC)c1C(=O)NC1COCC1O.NC1COCC1O. The summed E-state index contributed by atoms with van der Waals surface area (Å²) in [6, 6.07) is 24.9. The molecule has 8 atom stereocenters. The van der Waals surface area contributed by atoms with Crippen LogP contribution in [-0.4, -0.2) is 208 Å². The van der Waals surface area contributed by atoms with Crippen LogP contribution in [0.1, 0.15) is 62.1 Å². The number of benzene rings is 5. The van der Waals surface area contributed by atoms with Gasteiger partial charge in [-0.2, -0.15) is 0 Å². The number of fused-ring (bicyclic) bond motifs is 1. The number of imide groups is 1. The maximum Gasteiger partial charge on any atom is 0.261 e. The van der Waals surface area contributed by atoms with Gasteiger partial charge in [0.25, 0.3) is 34.8 Å². The molecule has 5 aromatic rings. The van der Waals surface area contributed by atoms with E-state index in [1.165, 1.54) is 61.8 Å². The topological polar surface area (TPSA) is 345 Å². The van der Waals surface area contributed by atoms with Gasteiger partial charge in [-0.3, -0.25) is 33.7 Å². The summed E-state index contributed by atoms with van der Waals surface area (Å²) in [5.41, 5.74) is 13.0. The molecule has 0 aliphatic carbocycles. The number of carbonyl (C=O) groups is 6. The number of nitrogens with two attached hydrogens (primary N) is 2. The quantitative estimate of drug-likeness (QED) is 0.0551. The maximum absolute atomic E-state index is 13.0. The van der Waals surface area contributed by atoms with Gasteiger partial charge in [0.15, 0.2) is 0 Å². The molecule has 4 saturated heterocycles. The van der Waals surface area contributed by atoms with Crippen molar-refractivity contribution in [1.29, 1.82) is 0 Å². The van der Waals surface area contributed by atoms with Gasteiger partial charge in [-0.05, 0) is 72.3 Å². The highest BCUT2D eigenvalue weighted by atomic mass is 35.5. The van der Waals surface area contributed by atoms with Crippen LogP contribution in [0.15, 0.2) is 97.1 Å². The number of methoxy groups -OCH3 is 8. The number of hydrogen-bond donors (Lipinski definition) is 7. The largest absolute Gasteiger partial charge is 0.496 e. The van der Waals surface area contributed by atoms with E-state index in [2.05, 4.69) is 16.0 Å². The lowest BCUT2D eigenvalue weighted by Gasteiger charge is -2.27. The minimum atomic E-state index is -0.690. The van der Waals surface area contributed by atoms with Crippen LogP contribution in [0.2, 0.25) is 0 Å². The Kier molecular flexibility index (Phi) is 25.7. The summed E-state index contributed by atoms with van der Waals surface area (Å²) in [7, 11) is 11.9. The van der Waals surface area contributed by atoms with Crippen molar-refractivity contribution >= 4 is 46.4 Å². The lowest BCUT2D eigenvalue weighted by Crippen LogP contribution is -2.53. The minimum Gasteiger partial charge on any atom is -0.496 e. The lowest BCUT2D eigenvalue weighted by molar-refractivity contribution is 0.0545. The molecule has 5 aromatic carbocycles. The van der Waals surface area contributed by atoms with Crippen LogP contribution < -0.4 is 65.3 Å². The van der Waals surface area contributed by atoms with Crippen molar-refractivity contribution < 1.29 is 95.8 Å². The fourth-order valence-electron chi connectivity index (χ4n) is 9.40. The molecule has 0 saturated carbocycles. The predicted molar refractivity (Wildman–Crippen MR) is 314 cm³/mol. The normalized spacial score (nSPS) is 21.3. The molecule has 9 N–H and O–H groups in total. The monoisotopic (exact) mass is 1230 g/mol. The summed E-state index contributed by atoms with van der Waals surface area (Å²) >= 11 is 5.37. The Balaban J connectivity index is 0.000000184. The van der Waals surface area contributed by atoms with Gasteiger partial charge in [0, 0.05) is 0 Å². The highest BCUT2D eigenvalue weighted by Crippen LogP contribution is 2.33. The van der Waals surface area contributed by atoms with Gasteiger partial charge in [-0.1, -0.05) is 36.4 Å². The summed E-state index contributed by atoms with van der Waals surface area (Å²) < 4.78 is 61.8. The van der Waals surface area contributed by atoms with Gasteiger partial charge in [-0.25, -0.2) is 0 Å². The molecule has 5 aliphatic rings. The van der Waals surface area contributed by atoms with Gasteiger partial charge in [0.2, 0.25) is 0 Å². The molecular formula is C60H73ClN6O20. The molecule has 5 aliphatic heterocycles. The molecular weight excluding hydrogens is 1160 g/mol. The van der Waals surface area contributed by atoms with Crippen molar-refractivity contribution in [3.8, 4) is 46.0 Å². The third kappa shape index (κ3) is 16.8. The molecule has 4 fully saturated rings. The molecule has 0 aromatic heterocycles. The summed E-state index contributed by atoms with van der Waals surface area (Å²) in [6.07, 6.45) is -1.12. The fraction of sp³-hybridized carbons (Fsp3) is 0.400. The van der Waals surface area contributed by atoms with Crippen molar-refractivity contribution in [1.82, 2.24) is 20.9 Å². The lowest BCUT2D eigenvalue weighted by atomic mass is 10.1. The molecule has 0 radical (unpaired) electrons. The standard InChI is InChI=1S/C21H20N2O6.C13H18N2O4.C13H17NO5.C9H9ClO3.C4H9NO2/c1-27-16-8-5-9-17(28-2)18(16)19(24)22-14-10-29-11-15(14)23-20(25)12-6-3-4-7-13(12)21(23)26;1-17-10-4-3-5-11(18-2)12(10)13(16)15-9-7-19-6-8(9)14;1-17-10-4-3-5-11(18-2)12(10)13(16)14-8-6-19-7-9(8)15;1-12-6-4-3-5-7(13-2)8(6)9(10)11;5-3-1-7-2-4(3)6/h3-9,14-15H,10-11H2,1-2H3,(H,22,24);3-5,8-9H,6-7,14H2,1-2H3,(H,15,16);3-5,8-9,15H,6-7H2,1-2H3,(H,14,16);3-5H,1-2H3;3-4,6H,1-2,5H2. The molecule has 5 heterocycles. The highest BCUT2D eigenvalue weighted by molar-refractivity contribution is 6.68. The van der Waals surface area contributed by atoms with E-state index in [1.807, 2.05) is 0 Å². The van der Waals surface area contributed by atoms with Gasteiger partial charge in [0.05, 0.1) is 169 Å². The Hall–Kier alpha value is -8.31. The number of carbonyl (C=O) groups excluding carboxylic acids is 6. The van der Waals surface area contributed by atoms with Crippen molar-refractivity contribution in [2.45, 2.75) is 48.5 Å². The van der Waals surface area contributed by atoms with E-state index in [9.17, 15) is 33.9 Å². The number of ether oxygens (including phenoxy) is 12. The average molecular weight is 1230 g/mol. The van der Waals surface area contributed by atoms with Gasteiger partial charge in [-0.15, -0.1) is 0 Å². The molecule has 8 unspecified atom stereocenters. The number of halogens is 1. The number of aliphatic hydroxyl groups excluding tert-OH is 2. The van der Waals surface area contributed by atoms with E-state index < -0.39 is 41.5 Å². The van der Waals surface area contributed by atoms with Gasteiger partial charge >= 0.3 is 0 Å². The first-order chi connectivity index (χ1) is 41.9. The maximum atomic E-state index is 13.0. The van der Waals surface area contributed by atoms with Crippen LogP contribution in [-0.2, 0) is 18.9 Å². The Labute approximate surface area is 507 Å². The fourth-order valence-corrected chi connectivity index (χ4v) is 9.58. The first-order valence-corrected chi connectivity index (χ1v) is 27.4. The Morgan fingerprint density at radius 1 is 0.425 bits per heavy atom. The zero-order chi connectivity index (χ0) is 63.3. The van der Waals surface area contributed by atoms with E-state index in [1.54, 1.807) is 97.1 Å². The van der Waals surface area contributed by atoms with Crippen molar-refractivity contribution in [3.05, 3.63) is 130 Å². The first kappa shape index (κ1) is 67.8. The number of hydrogen-bond acceptors (Lipinski definition) is 22. The zero-order valence-corrected chi connectivity index (χ0v) is 50.0. The second kappa shape index (κ2) is 33.0. The van der Waals surface area contributed by atoms with Gasteiger partial charge < -0.3 is 94.5 Å². The Bertz CT molecular complexity index is 2960. The summed E-state index contributed by atoms with van der Waals surface area (Å²) in [6.45, 7) is 2.64. The van der Waals surface area contributed by atoms with Crippen LogP contribution in [0.5, 0.6) is 46.0 Å². The number of nitrogens with zero attached hydrogens (tertiary/aromatic N) is 1. The number of amides is 5. The third-order valence-electron chi connectivity index (χ3n) is 14.0. The summed E-state index contributed by atoms with van der Waals surface area (Å²) in [4.78, 5) is 75.4. The van der Waals surface area contributed by atoms with Crippen LogP contribution in [0.3, 0.4) is 0 Å². The molecule has 0 spiro atoms. The van der Waals surface area contributed by atoms with E-state index in [0.29, 0.717) is 101 Å². The second-order valence-electron chi connectivity index (χ2n) is 19.4. The molecule has 87 heavy (non-hydrogen) atoms. The second-order valence-corrected chi connectivity index (χ2v) is 19.7. The molecule has 10 rings (SSSR count). The zero-order valence-electron chi connectivity index (χ0n) is 49.2. The minimum absolute atomic E-state index is 0.152. The molecule has 470 valence electrons. The third-order valence-corrected chi connectivity index (χ3v) is 14.2. The van der Waals surface area contributed by atoms with Crippen LogP contribution in [0, 0.1) is 0 Å². The molecule has 27 heteroatoms. The van der Waals surface area contributed by atoms with Crippen molar-refractivity contribution in [2.24, 2.45) is 11.5 Å².